The first-order valence-corrected chi connectivity index (χ1v) is 13.1. The van der Waals surface area contributed by atoms with Gasteiger partial charge in [0.1, 0.15) is 18.1 Å². The lowest BCUT2D eigenvalue weighted by Gasteiger charge is -2.26. The molecule has 2 aliphatic heterocycles. The predicted molar refractivity (Wildman–Crippen MR) is 127 cm³/mol. The molecule has 2 N–H and O–H groups in total. The molecule has 2 aromatic carbocycles. The molecule has 5 rings (SSSR count). The van der Waals surface area contributed by atoms with Crippen LogP contribution in [0.4, 0.5) is 5.69 Å². The second kappa shape index (κ2) is 9.35. The number of aromatic amines is 1. The van der Waals surface area contributed by atoms with Crippen molar-refractivity contribution in [2.45, 2.75) is 12.5 Å². The van der Waals surface area contributed by atoms with Crippen LogP contribution in [0, 0.1) is 0 Å². The van der Waals surface area contributed by atoms with Crippen molar-refractivity contribution in [3.63, 3.8) is 0 Å². The van der Waals surface area contributed by atoms with Crippen molar-refractivity contribution < 1.29 is 23.1 Å². The molecule has 3 heterocycles. The van der Waals surface area contributed by atoms with Crippen molar-refractivity contribution >= 4 is 24.2 Å². The third kappa shape index (κ3) is 5.01. The highest BCUT2D eigenvalue weighted by Crippen LogP contribution is 2.44. The molecule has 0 bridgehead atoms. The lowest BCUT2D eigenvalue weighted by atomic mass is 10.0. The maximum absolute atomic E-state index is 12.2. The van der Waals surface area contributed by atoms with Crippen molar-refractivity contribution in [2.24, 2.45) is 0 Å². The van der Waals surface area contributed by atoms with Gasteiger partial charge in [0.25, 0.3) is 0 Å². The zero-order valence-electron chi connectivity index (χ0n) is 18.9. The van der Waals surface area contributed by atoms with Gasteiger partial charge >= 0.3 is 7.60 Å². The average Bonchev–Trinajstić information content (AvgIpc) is 3.43. The standard InChI is InChI=1S/C23H29N4O5P/c1-29-33(2,28)32-18-4-6-21-19(15-18)23(26-25-21)22-14-16-13-17(3-5-20(16)24-22)31-12-9-27-7-10-30-11-8-27/h3-6,13,15,22,24H,7-12,14H2,1-2H3,(H,25,26). The molecule has 0 aliphatic carbocycles. The summed E-state index contributed by atoms with van der Waals surface area (Å²) in [5, 5.41) is 12.1. The summed E-state index contributed by atoms with van der Waals surface area (Å²) in [5.41, 5.74) is 4.08. The Morgan fingerprint density at radius 2 is 2.00 bits per heavy atom. The molecular formula is C23H29N4O5P. The van der Waals surface area contributed by atoms with Crippen LogP contribution in [-0.2, 0) is 20.2 Å². The molecule has 3 aromatic rings. The fraction of sp³-hybridized carbons (Fsp3) is 0.435. The molecule has 0 amide bonds. The fourth-order valence-corrected chi connectivity index (χ4v) is 4.85. The van der Waals surface area contributed by atoms with Gasteiger partial charge in [-0.3, -0.25) is 10.00 Å². The number of anilines is 1. The number of nitrogens with one attached hydrogen (secondary N) is 2. The molecule has 0 radical (unpaired) electrons. The Balaban J connectivity index is 1.27. The van der Waals surface area contributed by atoms with Crippen LogP contribution in [0.3, 0.4) is 0 Å². The second-order valence-electron chi connectivity index (χ2n) is 8.38. The number of aromatic nitrogens is 2. The molecule has 9 nitrogen and oxygen atoms in total. The van der Waals surface area contributed by atoms with E-state index in [4.69, 9.17) is 18.5 Å². The monoisotopic (exact) mass is 472 g/mol. The normalized spacial score (nSPS) is 20.2. The smallest absolute Gasteiger partial charge is 0.375 e. The van der Waals surface area contributed by atoms with E-state index in [9.17, 15) is 4.57 Å². The Labute approximate surface area is 192 Å². The van der Waals surface area contributed by atoms with Crippen LogP contribution < -0.4 is 14.6 Å². The summed E-state index contributed by atoms with van der Waals surface area (Å²) in [6.45, 7) is 6.53. The van der Waals surface area contributed by atoms with Crippen molar-refractivity contribution in [1.82, 2.24) is 15.1 Å². The van der Waals surface area contributed by atoms with Gasteiger partial charge in [0.2, 0.25) is 0 Å². The summed E-state index contributed by atoms with van der Waals surface area (Å²) >= 11 is 0. The molecule has 1 fully saturated rings. The van der Waals surface area contributed by atoms with Crippen LogP contribution >= 0.6 is 7.60 Å². The zero-order chi connectivity index (χ0) is 22.8. The lowest BCUT2D eigenvalue weighted by Crippen LogP contribution is -2.38. The van der Waals surface area contributed by atoms with E-state index in [1.54, 1.807) is 6.07 Å². The predicted octanol–water partition coefficient (Wildman–Crippen LogP) is 3.83. The third-order valence-corrected chi connectivity index (χ3v) is 7.32. The molecule has 1 saturated heterocycles. The third-order valence-electron chi connectivity index (χ3n) is 6.12. The summed E-state index contributed by atoms with van der Waals surface area (Å²) in [6, 6.07) is 11.7. The number of H-pyrrole nitrogens is 1. The first kappa shape index (κ1) is 22.2. The number of ether oxygens (including phenoxy) is 2. The number of rotatable bonds is 8. The van der Waals surface area contributed by atoms with E-state index in [1.165, 1.54) is 19.3 Å². The summed E-state index contributed by atoms with van der Waals surface area (Å²) < 4.78 is 34.1. The number of benzene rings is 2. The molecule has 2 aliphatic rings. The van der Waals surface area contributed by atoms with Gasteiger partial charge in [-0.05, 0) is 42.0 Å². The molecule has 0 spiro atoms. The maximum atomic E-state index is 12.2. The van der Waals surface area contributed by atoms with Gasteiger partial charge in [-0.2, -0.15) is 5.10 Å². The lowest BCUT2D eigenvalue weighted by molar-refractivity contribution is 0.0322. The zero-order valence-corrected chi connectivity index (χ0v) is 19.8. The molecule has 176 valence electrons. The topological polar surface area (TPSA) is 97.9 Å². The van der Waals surface area contributed by atoms with Crippen LogP contribution in [0.5, 0.6) is 11.5 Å². The van der Waals surface area contributed by atoms with Crippen LogP contribution in [0.2, 0.25) is 0 Å². The number of hydrogen-bond acceptors (Lipinski definition) is 8. The van der Waals surface area contributed by atoms with Gasteiger partial charge in [-0.25, -0.2) is 4.57 Å². The number of fused-ring (bicyclic) bond motifs is 2. The summed E-state index contributed by atoms with van der Waals surface area (Å²) in [4.78, 5) is 2.36. The molecule has 0 saturated carbocycles. The van der Waals surface area contributed by atoms with Crippen molar-refractivity contribution in [1.29, 1.82) is 0 Å². The quantitative estimate of drug-likeness (QED) is 0.478. The Morgan fingerprint density at radius 3 is 2.82 bits per heavy atom. The van der Waals surface area contributed by atoms with Crippen LogP contribution in [0.1, 0.15) is 17.3 Å². The Bertz CT molecular complexity index is 1180. The number of morpholine rings is 1. The second-order valence-corrected chi connectivity index (χ2v) is 10.5. The van der Waals surface area contributed by atoms with E-state index in [2.05, 4.69) is 32.5 Å². The molecule has 33 heavy (non-hydrogen) atoms. The van der Waals surface area contributed by atoms with Crippen LogP contribution in [0.25, 0.3) is 10.9 Å². The summed E-state index contributed by atoms with van der Waals surface area (Å²) in [5.74, 6) is 1.37. The number of hydrogen-bond donors (Lipinski definition) is 2. The molecule has 2 unspecified atom stereocenters. The fourth-order valence-electron chi connectivity index (χ4n) is 4.28. The molecule has 2 atom stereocenters. The first-order chi connectivity index (χ1) is 16.0. The van der Waals surface area contributed by atoms with E-state index in [0.29, 0.717) is 12.4 Å². The maximum Gasteiger partial charge on any atom is 0.375 e. The van der Waals surface area contributed by atoms with E-state index in [1.807, 2.05) is 18.2 Å². The highest BCUT2D eigenvalue weighted by atomic mass is 31.2. The van der Waals surface area contributed by atoms with Gasteiger partial charge < -0.3 is 23.8 Å². The van der Waals surface area contributed by atoms with Crippen molar-refractivity contribution in [3.8, 4) is 11.5 Å². The molecule has 1 aromatic heterocycles. The largest absolute Gasteiger partial charge is 0.492 e. The molecule has 10 heteroatoms. The van der Waals surface area contributed by atoms with Gasteiger partial charge in [-0.1, -0.05) is 0 Å². The van der Waals surface area contributed by atoms with Gasteiger partial charge in [-0.15, -0.1) is 0 Å². The van der Waals surface area contributed by atoms with E-state index < -0.39 is 7.60 Å². The highest BCUT2D eigenvalue weighted by molar-refractivity contribution is 7.53. The van der Waals surface area contributed by atoms with Gasteiger partial charge in [0.15, 0.2) is 0 Å². The minimum Gasteiger partial charge on any atom is -0.492 e. The van der Waals surface area contributed by atoms with Crippen molar-refractivity contribution in [3.05, 3.63) is 47.7 Å². The Morgan fingerprint density at radius 1 is 1.18 bits per heavy atom. The van der Waals surface area contributed by atoms with E-state index in [0.717, 1.165) is 67.3 Å². The first-order valence-electron chi connectivity index (χ1n) is 11.1. The van der Waals surface area contributed by atoms with Crippen LogP contribution in [0.15, 0.2) is 36.4 Å². The SMILES string of the molecule is COP(C)(=O)Oc1ccc2n[nH]c(C3Cc4cc(OCCN5CCOCC5)ccc4N3)c2c1. The number of nitrogens with zero attached hydrogens (tertiary/aromatic N) is 2. The summed E-state index contributed by atoms with van der Waals surface area (Å²) in [6.07, 6.45) is 0.808. The molecular weight excluding hydrogens is 443 g/mol. The van der Waals surface area contributed by atoms with Crippen LogP contribution in [-0.4, -0.2) is 68.3 Å². The summed E-state index contributed by atoms with van der Waals surface area (Å²) in [7, 11) is -1.76. The average molecular weight is 472 g/mol. The minimum absolute atomic E-state index is 0.0414. The Hall–Kier alpha value is -2.58. The van der Waals surface area contributed by atoms with Crippen molar-refractivity contribution in [2.75, 3.05) is 58.5 Å². The Kier molecular flexibility index (Phi) is 6.29. The van der Waals surface area contributed by atoms with Gasteiger partial charge in [0.05, 0.1) is 30.5 Å². The van der Waals surface area contributed by atoms with E-state index >= 15 is 0 Å². The highest BCUT2D eigenvalue weighted by Gasteiger charge is 2.26. The van der Waals surface area contributed by atoms with Gasteiger partial charge in [0, 0.05) is 50.9 Å². The minimum atomic E-state index is -3.14. The van der Waals surface area contributed by atoms with E-state index in [-0.39, 0.29) is 6.04 Å².